The molecule has 1 fully saturated rings. The highest BCUT2D eigenvalue weighted by Gasteiger charge is 2.20. The van der Waals surface area contributed by atoms with E-state index in [4.69, 9.17) is 0 Å². The monoisotopic (exact) mass is 356 g/mol. The topological polar surface area (TPSA) is 16.1 Å². The van der Waals surface area contributed by atoms with Gasteiger partial charge in [0.1, 0.15) is 0 Å². The molecule has 1 atom stereocenters. The van der Waals surface area contributed by atoms with Crippen LogP contribution in [0.25, 0.3) is 22.3 Å². The predicted octanol–water partition coefficient (Wildman–Crippen LogP) is 6.19. The standard InChI is InChI=1S/C25H28N2/c1-18-7-16-24(19(2)26-18)22-12-8-20(9-13-22)21-10-14-23(15-11-21)25-6-4-5-17-27(25)3/h7-16,25H,4-6,17H2,1-3H3. The van der Waals surface area contributed by atoms with Crippen LogP contribution in [0, 0.1) is 13.8 Å². The summed E-state index contributed by atoms with van der Waals surface area (Å²) >= 11 is 0. The molecule has 1 aromatic heterocycles. The van der Waals surface area contributed by atoms with E-state index in [1.165, 1.54) is 53.6 Å². The van der Waals surface area contributed by atoms with Gasteiger partial charge in [0.05, 0.1) is 0 Å². The van der Waals surface area contributed by atoms with Crippen molar-refractivity contribution in [2.75, 3.05) is 13.6 Å². The van der Waals surface area contributed by atoms with Crippen LogP contribution in [0.2, 0.25) is 0 Å². The minimum absolute atomic E-state index is 0.576. The summed E-state index contributed by atoms with van der Waals surface area (Å²) in [6.07, 6.45) is 3.94. The van der Waals surface area contributed by atoms with E-state index in [9.17, 15) is 0 Å². The first-order chi connectivity index (χ1) is 13.1. The van der Waals surface area contributed by atoms with E-state index >= 15 is 0 Å². The average Bonchev–Trinajstić information content (AvgIpc) is 2.69. The Bertz CT molecular complexity index is 910. The van der Waals surface area contributed by atoms with Crippen molar-refractivity contribution in [3.8, 4) is 22.3 Å². The molecule has 27 heavy (non-hydrogen) atoms. The second-order valence-corrected chi connectivity index (χ2v) is 7.78. The Morgan fingerprint density at radius 1 is 0.778 bits per heavy atom. The Morgan fingerprint density at radius 3 is 2.04 bits per heavy atom. The first-order valence-corrected chi connectivity index (χ1v) is 9.97. The maximum atomic E-state index is 4.59. The molecular formula is C25H28N2. The van der Waals surface area contributed by atoms with Crippen molar-refractivity contribution in [3.05, 3.63) is 77.6 Å². The predicted molar refractivity (Wildman–Crippen MR) is 114 cm³/mol. The summed E-state index contributed by atoms with van der Waals surface area (Å²) in [4.78, 5) is 7.08. The van der Waals surface area contributed by atoms with Crippen molar-refractivity contribution in [2.45, 2.75) is 39.2 Å². The minimum atomic E-state index is 0.576. The van der Waals surface area contributed by atoms with E-state index in [0.717, 1.165) is 11.4 Å². The molecule has 1 aliphatic heterocycles. The SMILES string of the molecule is Cc1ccc(-c2ccc(-c3ccc(C4CCCCN4C)cc3)cc2)c(C)n1. The molecule has 0 radical (unpaired) electrons. The zero-order valence-electron chi connectivity index (χ0n) is 16.6. The van der Waals surface area contributed by atoms with E-state index in [-0.39, 0.29) is 0 Å². The van der Waals surface area contributed by atoms with Crippen molar-refractivity contribution in [2.24, 2.45) is 0 Å². The van der Waals surface area contributed by atoms with E-state index in [1.807, 2.05) is 6.92 Å². The van der Waals surface area contributed by atoms with Crippen LogP contribution in [0.3, 0.4) is 0 Å². The third kappa shape index (κ3) is 3.81. The number of benzene rings is 2. The summed E-state index contributed by atoms with van der Waals surface area (Å²) in [5.41, 5.74) is 8.58. The molecule has 0 saturated carbocycles. The number of nitrogens with zero attached hydrogens (tertiary/aromatic N) is 2. The van der Waals surface area contributed by atoms with Crippen molar-refractivity contribution in [1.82, 2.24) is 9.88 Å². The third-order valence-electron chi connectivity index (χ3n) is 5.82. The van der Waals surface area contributed by atoms with Gasteiger partial charge in [-0.25, -0.2) is 0 Å². The van der Waals surface area contributed by atoms with Crippen molar-refractivity contribution in [3.63, 3.8) is 0 Å². The zero-order valence-corrected chi connectivity index (χ0v) is 16.6. The van der Waals surface area contributed by atoms with Gasteiger partial charge < -0.3 is 0 Å². The minimum Gasteiger partial charge on any atom is -0.299 e. The molecule has 4 rings (SSSR count). The molecule has 2 heteroatoms. The van der Waals surface area contributed by atoms with E-state index < -0.39 is 0 Å². The lowest BCUT2D eigenvalue weighted by atomic mass is 9.93. The Hall–Kier alpha value is -2.45. The lowest BCUT2D eigenvalue weighted by Crippen LogP contribution is -2.29. The van der Waals surface area contributed by atoms with Gasteiger partial charge in [-0.1, -0.05) is 61.0 Å². The van der Waals surface area contributed by atoms with Crippen LogP contribution in [0.5, 0.6) is 0 Å². The normalized spacial score (nSPS) is 17.8. The molecular weight excluding hydrogens is 328 g/mol. The van der Waals surface area contributed by atoms with Crippen LogP contribution in [0.15, 0.2) is 60.7 Å². The van der Waals surface area contributed by atoms with Gasteiger partial charge in [-0.3, -0.25) is 9.88 Å². The van der Waals surface area contributed by atoms with E-state index in [1.54, 1.807) is 0 Å². The quantitative estimate of drug-likeness (QED) is 0.556. The highest BCUT2D eigenvalue weighted by atomic mass is 15.1. The van der Waals surface area contributed by atoms with Gasteiger partial charge in [0.25, 0.3) is 0 Å². The molecule has 1 unspecified atom stereocenters. The summed E-state index contributed by atoms with van der Waals surface area (Å²) < 4.78 is 0. The van der Waals surface area contributed by atoms with Crippen molar-refractivity contribution >= 4 is 0 Å². The van der Waals surface area contributed by atoms with Gasteiger partial charge in [0.2, 0.25) is 0 Å². The van der Waals surface area contributed by atoms with Gasteiger partial charge >= 0.3 is 0 Å². The van der Waals surface area contributed by atoms with Gasteiger partial charge in [-0.05, 0) is 68.6 Å². The molecule has 0 aliphatic carbocycles. The smallest absolute Gasteiger partial charge is 0.0454 e. The summed E-state index contributed by atoms with van der Waals surface area (Å²) in [5, 5.41) is 0. The first kappa shape index (κ1) is 17.9. The molecule has 0 N–H and O–H groups in total. The molecule has 3 aromatic rings. The number of hydrogen-bond acceptors (Lipinski definition) is 2. The fraction of sp³-hybridized carbons (Fsp3) is 0.320. The second kappa shape index (κ2) is 7.66. The highest BCUT2D eigenvalue weighted by Crippen LogP contribution is 2.31. The van der Waals surface area contributed by atoms with Crippen molar-refractivity contribution in [1.29, 1.82) is 0 Å². The number of rotatable bonds is 3. The molecule has 2 heterocycles. The van der Waals surface area contributed by atoms with Crippen LogP contribution in [0.4, 0.5) is 0 Å². The molecule has 138 valence electrons. The average molecular weight is 357 g/mol. The van der Waals surface area contributed by atoms with E-state index in [2.05, 4.69) is 84.5 Å². The summed E-state index contributed by atoms with van der Waals surface area (Å²) in [7, 11) is 2.25. The van der Waals surface area contributed by atoms with Gasteiger partial charge in [-0.15, -0.1) is 0 Å². The number of aryl methyl sites for hydroxylation is 2. The Morgan fingerprint density at radius 2 is 1.41 bits per heavy atom. The fourth-order valence-electron chi connectivity index (χ4n) is 4.23. The van der Waals surface area contributed by atoms with Crippen LogP contribution in [-0.2, 0) is 0 Å². The van der Waals surface area contributed by atoms with Gasteiger partial charge in [-0.2, -0.15) is 0 Å². The molecule has 0 spiro atoms. The lowest BCUT2D eigenvalue weighted by Gasteiger charge is -2.32. The summed E-state index contributed by atoms with van der Waals surface area (Å²) in [6, 6.07) is 22.8. The number of aromatic nitrogens is 1. The van der Waals surface area contributed by atoms with Gasteiger partial charge in [0, 0.05) is 23.0 Å². The fourth-order valence-corrected chi connectivity index (χ4v) is 4.23. The third-order valence-corrected chi connectivity index (χ3v) is 5.82. The summed E-state index contributed by atoms with van der Waals surface area (Å²) in [5.74, 6) is 0. The molecule has 1 saturated heterocycles. The molecule has 2 nitrogen and oxygen atoms in total. The molecule has 0 bridgehead atoms. The Labute approximate surface area is 162 Å². The first-order valence-electron chi connectivity index (χ1n) is 9.97. The number of pyridine rings is 1. The maximum Gasteiger partial charge on any atom is 0.0454 e. The lowest BCUT2D eigenvalue weighted by molar-refractivity contribution is 0.187. The molecule has 1 aliphatic rings. The Balaban J connectivity index is 1.55. The highest BCUT2D eigenvalue weighted by molar-refractivity contribution is 5.71. The summed E-state index contributed by atoms with van der Waals surface area (Å²) in [6.45, 7) is 5.33. The molecule has 0 amide bonds. The van der Waals surface area contributed by atoms with Crippen LogP contribution in [-0.4, -0.2) is 23.5 Å². The molecule has 2 aromatic carbocycles. The zero-order chi connectivity index (χ0) is 18.8. The number of likely N-dealkylation sites (tertiary alicyclic amines) is 1. The van der Waals surface area contributed by atoms with E-state index in [0.29, 0.717) is 6.04 Å². The van der Waals surface area contributed by atoms with Gasteiger partial charge in [0.15, 0.2) is 0 Å². The maximum absolute atomic E-state index is 4.59. The Kier molecular flexibility index (Phi) is 5.09. The number of hydrogen-bond donors (Lipinski definition) is 0. The van der Waals surface area contributed by atoms with Crippen LogP contribution in [0.1, 0.15) is 42.3 Å². The largest absolute Gasteiger partial charge is 0.299 e. The van der Waals surface area contributed by atoms with Crippen LogP contribution < -0.4 is 0 Å². The van der Waals surface area contributed by atoms with Crippen molar-refractivity contribution < 1.29 is 0 Å². The van der Waals surface area contributed by atoms with Crippen LogP contribution >= 0.6 is 0 Å². The number of piperidine rings is 1. The second-order valence-electron chi connectivity index (χ2n) is 7.78.